The van der Waals surface area contributed by atoms with Gasteiger partial charge in [-0.15, -0.1) is 11.8 Å². The standard InChI is InChI=1S/C22H43NOS/c1-5-8-9-10-11-12-13-14-15-16-17-18-19-22(20(4)25-22)21(24)23(6-2)7-3/h20H,5-19H2,1-4H3. The van der Waals surface area contributed by atoms with E-state index in [1.807, 2.05) is 16.7 Å². The van der Waals surface area contributed by atoms with Crippen LogP contribution in [0, 0.1) is 0 Å². The van der Waals surface area contributed by atoms with Crippen LogP contribution in [0.15, 0.2) is 0 Å². The summed E-state index contributed by atoms with van der Waals surface area (Å²) in [6.07, 6.45) is 17.7. The Balaban J connectivity index is 2.02. The smallest absolute Gasteiger partial charge is 0.239 e. The van der Waals surface area contributed by atoms with Crippen LogP contribution >= 0.6 is 11.8 Å². The summed E-state index contributed by atoms with van der Waals surface area (Å²) in [7, 11) is 0. The third-order valence-electron chi connectivity index (χ3n) is 5.80. The highest BCUT2D eigenvalue weighted by molar-refractivity contribution is 8.09. The van der Waals surface area contributed by atoms with Gasteiger partial charge in [0.2, 0.25) is 5.91 Å². The van der Waals surface area contributed by atoms with Gasteiger partial charge in [0.1, 0.15) is 4.75 Å². The average Bonchev–Trinajstić information content (AvgIpc) is 3.28. The van der Waals surface area contributed by atoms with Gasteiger partial charge in [-0.1, -0.05) is 90.9 Å². The molecule has 0 N–H and O–H groups in total. The molecule has 0 aromatic heterocycles. The van der Waals surface area contributed by atoms with E-state index in [4.69, 9.17) is 0 Å². The molecule has 3 heteroatoms. The lowest BCUT2D eigenvalue weighted by Gasteiger charge is -2.24. The van der Waals surface area contributed by atoms with Gasteiger partial charge in [0, 0.05) is 18.3 Å². The SMILES string of the molecule is CCCCCCCCCCCCCCC1(C(=O)N(CC)CC)SC1C. The highest BCUT2D eigenvalue weighted by atomic mass is 32.2. The van der Waals surface area contributed by atoms with Crippen molar-refractivity contribution in [1.29, 1.82) is 0 Å². The molecule has 0 saturated carbocycles. The van der Waals surface area contributed by atoms with Crippen LogP contribution in [-0.4, -0.2) is 33.9 Å². The van der Waals surface area contributed by atoms with Crippen LogP contribution in [0.25, 0.3) is 0 Å². The molecule has 1 heterocycles. The summed E-state index contributed by atoms with van der Waals surface area (Å²) in [5.41, 5.74) is 0. The molecule has 25 heavy (non-hydrogen) atoms. The van der Waals surface area contributed by atoms with Crippen LogP contribution < -0.4 is 0 Å². The van der Waals surface area contributed by atoms with Crippen molar-refractivity contribution in [3.63, 3.8) is 0 Å². The summed E-state index contributed by atoms with van der Waals surface area (Å²) < 4.78 is -0.0650. The van der Waals surface area contributed by atoms with Crippen LogP contribution in [0.1, 0.15) is 111 Å². The Kier molecular flexibility index (Phi) is 11.9. The molecule has 0 radical (unpaired) electrons. The zero-order chi connectivity index (χ0) is 18.5. The molecular weight excluding hydrogens is 326 g/mol. The summed E-state index contributed by atoms with van der Waals surface area (Å²) in [6.45, 7) is 10.4. The molecule has 0 spiro atoms. The second-order valence-electron chi connectivity index (χ2n) is 7.77. The Labute approximate surface area is 161 Å². The molecule has 2 atom stereocenters. The number of nitrogens with zero attached hydrogens (tertiary/aromatic N) is 1. The molecule has 0 aliphatic carbocycles. The summed E-state index contributed by atoms with van der Waals surface area (Å²) in [5.74, 6) is 0.401. The number of unbranched alkanes of at least 4 members (excludes halogenated alkanes) is 11. The quantitative estimate of drug-likeness (QED) is 0.220. The highest BCUT2D eigenvalue weighted by Crippen LogP contribution is 2.57. The van der Waals surface area contributed by atoms with Gasteiger partial charge in [-0.25, -0.2) is 0 Å². The zero-order valence-corrected chi connectivity index (χ0v) is 18.3. The first kappa shape index (κ1) is 22.9. The molecule has 1 amide bonds. The number of amides is 1. The minimum absolute atomic E-state index is 0.0650. The monoisotopic (exact) mass is 369 g/mol. The van der Waals surface area contributed by atoms with Crippen LogP contribution in [0.4, 0.5) is 0 Å². The maximum atomic E-state index is 12.7. The number of hydrogen-bond donors (Lipinski definition) is 0. The van der Waals surface area contributed by atoms with Gasteiger partial charge in [-0.3, -0.25) is 4.79 Å². The molecule has 1 rings (SSSR count). The lowest BCUT2D eigenvalue weighted by Crippen LogP contribution is -2.41. The van der Waals surface area contributed by atoms with Gasteiger partial charge in [0.15, 0.2) is 0 Å². The first-order valence-electron chi connectivity index (χ1n) is 11.1. The van der Waals surface area contributed by atoms with E-state index < -0.39 is 0 Å². The molecule has 2 nitrogen and oxygen atoms in total. The highest BCUT2D eigenvalue weighted by Gasteiger charge is 2.58. The van der Waals surface area contributed by atoms with Crippen LogP contribution in [-0.2, 0) is 4.79 Å². The summed E-state index contributed by atoms with van der Waals surface area (Å²) in [4.78, 5) is 14.8. The van der Waals surface area contributed by atoms with E-state index in [2.05, 4.69) is 27.7 Å². The van der Waals surface area contributed by atoms with E-state index in [9.17, 15) is 4.79 Å². The fraction of sp³-hybridized carbons (Fsp3) is 0.955. The maximum absolute atomic E-state index is 12.7. The van der Waals surface area contributed by atoms with Crippen molar-refractivity contribution < 1.29 is 4.79 Å². The predicted octanol–water partition coefficient (Wildman–Crippen LogP) is 6.82. The summed E-state index contributed by atoms with van der Waals surface area (Å²) in [5, 5.41) is 0.522. The van der Waals surface area contributed by atoms with Crippen molar-refractivity contribution in [2.24, 2.45) is 0 Å². The first-order valence-corrected chi connectivity index (χ1v) is 12.0. The van der Waals surface area contributed by atoms with Crippen LogP contribution in [0.3, 0.4) is 0 Å². The fourth-order valence-corrected chi connectivity index (χ4v) is 5.16. The van der Waals surface area contributed by atoms with Crippen LogP contribution in [0.2, 0.25) is 0 Å². The second-order valence-corrected chi connectivity index (χ2v) is 9.44. The predicted molar refractivity (Wildman–Crippen MR) is 113 cm³/mol. The Hall–Kier alpha value is -0.180. The molecular formula is C22H43NOS. The average molecular weight is 370 g/mol. The third-order valence-corrected chi connectivity index (χ3v) is 7.46. The first-order chi connectivity index (χ1) is 12.1. The lowest BCUT2D eigenvalue weighted by atomic mass is 9.96. The van der Waals surface area contributed by atoms with Crippen molar-refractivity contribution in [3.8, 4) is 0 Å². The summed E-state index contributed by atoms with van der Waals surface area (Å²) in [6, 6.07) is 0. The molecule has 1 fully saturated rings. The van der Waals surface area contributed by atoms with Gasteiger partial charge in [0.25, 0.3) is 0 Å². The molecule has 0 bridgehead atoms. The number of rotatable bonds is 16. The van der Waals surface area contributed by atoms with E-state index in [1.165, 1.54) is 77.0 Å². The number of carbonyl (C=O) groups is 1. The van der Waals surface area contributed by atoms with Crippen molar-refractivity contribution in [3.05, 3.63) is 0 Å². The Bertz CT molecular complexity index is 356. The summed E-state index contributed by atoms with van der Waals surface area (Å²) >= 11 is 1.90. The van der Waals surface area contributed by atoms with Gasteiger partial charge in [-0.2, -0.15) is 0 Å². The second kappa shape index (κ2) is 13.1. The molecule has 0 aromatic carbocycles. The minimum atomic E-state index is -0.0650. The zero-order valence-electron chi connectivity index (χ0n) is 17.4. The van der Waals surface area contributed by atoms with Crippen molar-refractivity contribution >= 4 is 17.7 Å². The van der Waals surface area contributed by atoms with Gasteiger partial charge in [0.05, 0.1) is 0 Å². The molecule has 1 aliphatic heterocycles. The number of thioether (sulfide) groups is 1. The molecule has 148 valence electrons. The molecule has 0 aromatic rings. The van der Waals surface area contributed by atoms with Crippen LogP contribution in [0.5, 0.6) is 0 Å². The largest absolute Gasteiger partial charge is 0.342 e. The van der Waals surface area contributed by atoms with Crippen molar-refractivity contribution in [1.82, 2.24) is 4.90 Å². The van der Waals surface area contributed by atoms with E-state index in [0.717, 1.165) is 19.5 Å². The Morgan fingerprint density at radius 1 is 0.800 bits per heavy atom. The van der Waals surface area contributed by atoms with Gasteiger partial charge < -0.3 is 4.90 Å². The van der Waals surface area contributed by atoms with E-state index in [1.54, 1.807) is 0 Å². The number of hydrogen-bond acceptors (Lipinski definition) is 2. The van der Waals surface area contributed by atoms with E-state index in [0.29, 0.717) is 11.2 Å². The maximum Gasteiger partial charge on any atom is 0.239 e. The van der Waals surface area contributed by atoms with Crippen molar-refractivity contribution in [2.75, 3.05) is 13.1 Å². The molecule has 1 aliphatic rings. The van der Waals surface area contributed by atoms with Gasteiger partial charge >= 0.3 is 0 Å². The topological polar surface area (TPSA) is 20.3 Å². The Morgan fingerprint density at radius 3 is 1.56 bits per heavy atom. The van der Waals surface area contributed by atoms with E-state index in [-0.39, 0.29) is 4.75 Å². The molecule has 1 saturated heterocycles. The third kappa shape index (κ3) is 7.93. The number of carbonyl (C=O) groups excluding carboxylic acids is 1. The van der Waals surface area contributed by atoms with E-state index >= 15 is 0 Å². The normalized spacial score (nSPS) is 22.2. The molecule has 2 unspecified atom stereocenters. The fourth-order valence-electron chi connectivity index (χ4n) is 3.88. The Morgan fingerprint density at radius 2 is 1.20 bits per heavy atom. The van der Waals surface area contributed by atoms with Crippen molar-refractivity contribution in [2.45, 2.75) is 121 Å². The minimum Gasteiger partial charge on any atom is -0.342 e. The van der Waals surface area contributed by atoms with Gasteiger partial charge in [-0.05, 0) is 20.3 Å². The lowest BCUT2D eigenvalue weighted by molar-refractivity contribution is -0.132.